The zero-order valence-corrected chi connectivity index (χ0v) is 29.7. The smallest absolute Gasteiger partial charge is 0.385 e. The number of nitrogens with one attached hydrogen (secondary N) is 3. The van der Waals surface area contributed by atoms with Gasteiger partial charge in [0.25, 0.3) is 0 Å². The van der Waals surface area contributed by atoms with Gasteiger partial charge in [0.2, 0.25) is 0 Å². The maximum absolute atomic E-state index is 14.3. The number of unbranched alkanes of at least 4 members (excludes halogenated alkanes) is 1. The Labute approximate surface area is 310 Å². The minimum Gasteiger partial charge on any atom is -0.385 e. The van der Waals surface area contributed by atoms with E-state index in [9.17, 15) is 30.7 Å². The van der Waals surface area contributed by atoms with Crippen molar-refractivity contribution in [2.45, 2.75) is 50.4 Å². The Bertz CT molecular complexity index is 2120. The second kappa shape index (κ2) is 15.5. The molecule has 0 bridgehead atoms. The summed E-state index contributed by atoms with van der Waals surface area (Å²) in [6.45, 7) is 9.78. The topological polar surface area (TPSA) is 36.1 Å². The van der Waals surface area contributed by atoms with Crippen LogP contribution in [0.25, 0.3) is 28.0 Å². The summed E-state index contributed by atoms with van der Waals surface area (Å²) in [6, 6.07) is 30.6. The molecular weight excluding hydrogens is 703 g/mol. The number of anilines is 2. The second-order valence-corrected chi connectivity index (χ2v) is 13.4. The van der Waals surface area contributed by atoms with E-state index in [2.05, 4.69) is 29.1 Å². The zero-order valence-electron chi connectivity index (χ0n) is 29.7. The Morgan fingerprint density at radius 1 is 0.704 bits per heavy atom. The van der Waals surface area contributed by atoms with Crippen LogP contribution in [0.5, 0.6) is 0 Å². The number of halogens is 7. The van der Waals surface area contributed by atoms with Crippen molar-refractivity contribution in [3.05, 3.63) is 162 Å². The Balaban J connectivity index is 1.18. The van der Waals surface area contributed by atoms with E-state index in [1.807, 2.05) is 73.7 Å². The van der Waals surface area contributed by atoms with Crippen molar-refractivity contribution in [1.29, 1.82) is 0 Å². The number of alkyl halides is 6. The van der Waals surface area contributed by atoms with E-state index in [0.717, 1.165) is 51.3 Å². The number of hydrogen-bond acceptors (Lipinski definition) is 3. The number of fused-ring (bicyclic) bond motifs is 3. The van der Waals surface area contributed by atoms with Crippen LogP contribution < -0.4 is 16.0 Å². The average Bonchev–Trinajstić information content (AvgIpc) is 3.43. The minimum atomic E-state index is -4.71. The fraction of sp³-hybridized carbons (Fsp3) is 0.227. The monoisotopic (exact) mass is 743 g/mol. The van der Waals surface area contributed by atoms with Crippen molar-refractivity contribution in [2.24, 2.45) is 0 Å². The van der Waals surface area contributed by atoms with E-state index >= 15 is 0 Å². The van der Waals surface area contributed by atoms with Crippen molar-refractivity contribution < 1.29 is 30.7 Å². The van der Waals surface area contributed by atoms with Crippen LogP contribution in [0, 0.1) is 5.82 Å². The highest BCUT2D eigenvalue weighted by atomic mass is 19.4. The van der Waals surface area contributed by atoms with Crippen molar-refractivity contribution >= 4 is 17.1 Å². The molecule has 5 aromatic carbocycles. The lowest BCUT2D eigenvalue weighted by Crippen LogP contribution is -2.39. The van der Waals surface area contributed by atoms with Crippen LogP contribution in [-0.4, -0.2) is 19.3 Å². The molecule has 3 N–H and O–H groups in total. The molecule has 0 fully saturated rings. The van der Waals surface area contributed by atoms with E-state index < -0.39 is 35.7 Å². The molecule has 0 radical (unpaired) electrons. The summed E-state index contributed by atoms with van der Waals surface area (Å²) in [4.78, 5) is 0. The van der Waals surface area contributed by atoms with Gasteiger partial charge in [-0.15, -0.1) is 0 Å². The van der Waals surface area contributed by atoms with Crippen LogP contribution >= 0.6 is 0 Å². The van der Waals surface area contributed by atoms with Gasteiger partial charge in [0, 0.05) is 34.9 Å². The Morgan fingerprint density at radius 3 is 1.94 bits per heavy atom. The van der Waals surface area contributed by atoms with E-state index in [1.54, 1.807) is 24.3 Å². The van der Waals surface area contributed by atoms with Gasteiger partial charge in [0.05, 0.1) is 11.0 Å². The number of allylic oxidation sites excluding steroid dienone is 1. The second-order valence-electron chi connectivity index (χ2n) is 13.4. The van der Waals surface area contributed by atoms with Gasteiger partial charge >= 0.3 is 12.4 Å². The van der Waals surface area contributed by atoms with Crippen LogP contribution in [0.15, 0.2) is 128 Å². The SMILES string of the molecule is C=C(Nc1cccc(NCCCCC2(C(=C)NCC(F)(F)F)c3ccccc3-c3ccccc32)c1CC)c1ccccc1-c1cc(F)cc(C(F)(F)F)c1. The predicted molar refractivity (Wildman–Crippen MR) is 204 cm³/mol. The molecule has 0 amide bonds. The molecule has 0 saturated heterocycles. The summed E-state index contributed by atoms with van der Waals surface area (Å²) in [7, 11) is 0. The van der Waals surface area contributed by atoms with Crippen molar-refractivity contribution in [2.75, 3.05) is 23.7 Å². The van der Waals surface area contributed by atoms with Gasteiger partial charge in [0.1, 0.15) is 12.4 Å². The normalized spacial score (nSPS) is 13.2. The van der Waals surface area contributed by atoms with Crippen LogP contribution in [0.4, 0.5) is 42.1 Å². The molecule has 0 aliphatic heterocycles. The predicted octanol–water partition coefficient (Wildman–Crippen LogP) is 12.4. The van der Waals surface area contributed by atoms with E-state index in [1.165, 1.54) is 0 Å². The summed E-state index contributed by atoms with van der Waals surface area (Å²) in [5, 5.41) is 9.48. The number of hydrogen-bond donors (Lipinski definition) is 3. The Kier molecular flexibility index (Phi) is 10.9. The first-order chi connectivity index (χ1) is 25.7. The quantitative estimate of drug-likeness (QED) is 0.0783. The molecule has 0 saturated carbocycles. The van der Waals surface area contributed by atoms with Crippen LogP contribution in [0.3, 0.4) is 0 Å². The van der Waals surface area contributed by atoms with E-state index in [4.69, 9.17) is 0 Å². The maximum atomic E-state index is 14.3. The van der Waals surface area contributed by atoms with Crippen molar-refractivity contribution in [1.82, 2.24) is 5.32 Å². The third kappa shape index (κ3) is 7.88. The standard InChI is InChI=1S/C44H40F7N3/c1-4-33-40(20-13-21-41(33)54-28(2)34-14-5-6-15-35(34)30-24-31(44(49,50)51)26-32(45)25-30)52-23-12-11-22-42(29(3)53-27-43(46,47)48)38-18-9-7-16-36(38)37-17-8-10-19-39(37)42/h5-10,13-21,24-26,52-54H,2-4,11-12,22-23,27H2,1H3. The van der Waals surface area contributed by atoms with Gasteiger partial charge in [0.15, 0.2) is 0 Å². The molecule has 1 aliphatic carbocycles. The van der Waals surface area contributed by atoms with Gasteiger partial charge in [-0.3, -0.25) is 0 Å². The molecule has 0 spiro atoms. The fourth-order valence-electron chi connectivity index (χ4n) is 7.55. The summed E-state index contributed by atoms with van der Waals surface area (Å²) >= 11 is 0. The van der Waals surface area contributed by atoms with Crippen LogP contribution in [-0.2, 0) is 18.0 Å². The van der Waals surface area contributed by atoms with Crippen molar-refractivity contribution in [3.63, 3.8) is 0 Å². The molecule has 280 valence electrons. The summed E-state index contributed by atoms with van der Waals surface area (Å²) < 4.78 is 95.0. The lowest BCUT2D eigenvalue weighted by atomic mass is 9.72. The minimum absolute atomic E-state index is 0.0816. The first-order valence-corrected chi connectivity index (χ1v) is 17.7. The summed E-state index contributed by atoms with van der Waals surface area (Å²) in [5.74, 6) is -0.989. The molecule has 0 heterocycles. The average molecular weight is 744 g/mol. The van der Waals surface area contributed by atoms with Gasteiger partial charge in [-0.2, -0.15) is 26.3 Å². The van der Waals surface area contributed by atoms with Crippen molar-refractivity contribution in [3.8, 4) is 22.3 Å². The Hall–Kier alpha value is -5.51. The Morgan fingerprint density at radius 2 is 1.31 bits per heavy atom. The maximum Gasteiger partial charge on any atom is 0.416 e. The van der Waals surface area contributed by atoms with Gasteiger partial charge in [-0.05, 0) is 88.5 Å². The van der Waals surface area contributed by atoms with E-state index in [-0.39, 0.29) is 5.56 Å². The zero-order chi connectivity index (χ0) is 38.7. The summed E-state index contributed by atoms with van der Waals surface area (Å²) in [6.07, 6.45) is -6.52. The van der Waals surface area contributed by atoms with E-state index in [0.29, 0.717) is 60.8 Å². The number of benzene rings is 5. The highest BCUT2D eigenvalue weighted by Gasteiger charge is 2.45. The third-order valence-corrected chi connectivity index (χ3v) is 9.98. The molecular formula is C44H40F7N3. The first kappa shape index (κ1) is 38.2. The molecule has 10 heteroatoms. The van der Waals surface area contributed by atoms with Gasteiger partial charge < -0.3 is 16.0 Å². The molecule has 1 aliphatic rings. The highest BCUT2D eigenvalue weighted by Crippen LogP contribution is 2.54. The number of rotatable bonds is 14. The summed E-state index contributed by atoms with van der Waals surface area (Å²) in [5.41, 5.74) is 6.27. The highest BCUT2D eigenvalue weighted by molar-refractivity contribution is 5.87. The molecule has 6 rings (SSSR count). The molecule has 54 heavy (non-hydrogen) atoms. The molecule has 3 nitrogen and oxygen atoms in total. The molecule has 0 unspecified atom stereocenters. The first-order valence-electron chi connectivity index (χ1n) is 17.7. The molecule has 0 atom stereocenters. The van der Waals surface area contributed by atoms with Crippen LogP contribution in [0.2, 0.25) is 0 Å². The van der Waals surface area contributed by atoms with Crippen LogP contribution in [0.1, 0.15) is 54.0 Å². The lowest BCUT2D eigenvalue weighted by Gasteiger charge is -2.35. The molecule has 0 aromatic heterocycles. The largest absolute Gasteiger partial charge is 0.416 e. The molecule has 5 aromatic rings. The third-order valence-electron chi connectivity index (χ3n) is 9.98. The van der Waals surface area contributed by atoms with Gasteiger partial charge in [-0.25, -0.2) is 4.39 Å². The fourth-order valence-corrected chi connectivity index (χ4v) is 7.55. The van der Waals surface area contributed by atoms with Gasteiger partial charge in [-0.1, -0.05) is 105 Å². The lowest BCUT2D eigenvalue weighted by molar-refractivity contribution is -0.137.